The van der Waals surface area contributed by atoms with Gasteiger partial charge in [0.05, 0.1) is 18.0 Å². The number of benzene rings is 1. The van der Waals surface area contributed by atoms with Crippen LogP contribution >= 0.6 is 0 Å². The van der Waals surface area contributed by atoms with Gasteiger partial charge >= 0.3 is 0 Å². The number of ether oxygens (including phenoxy) is 1. The topological polar surface area (TPSA) is 98.0 Å². The third-order valence-corrected chi connectivity index (χ3v) is 3.49. The lowest BCUT2D eigenvalue weighted by Crippen LogP contribution is -2.05. The highest BCUT2D eigenvalue weighted by atomic mass is 16.5. The fourth-order valence-electron chi connectivity index (χ4n) is 2.04. The highest BCUT2D eigenvalue weighted by molar-refractivity contribution is 5.70. The molecule has 21 heavy (non-hydrogen) atoms. The molecule has 1 aliphatic rings. The van der Waals surface area contributed by atoms with Crippen LogP contribution in [0.4, 0.5) is 11.4 Å². The number of nitriles is 1. The average molecular weight is 280 g/mol. The van der Waals surface area contributed by atoms with Crippen LogP contribution in [0.5, 0.6) is 5.88 Å². The summed E-state index contributed by atoms with van der Waals surface area (Å²) in [5, 5.41) is 9.21. The predicted molar refractivity (Wildman–Crippen MR) is 81.4 cm³/mol. The first-order chi connectivity index (χ1) is 10.2. The summed E-state index contributed by atoms with van der Waals surface area (Å²) in [6, 6.07) is 11.1. The second-order valence-corrected chi connectivity index (χ2v) is 5.27. The zero-order valence-corrected chi connectivity index (χ0v) is 11.5. The van der Waals surface area contributed by atoms with E-state index in [0.29, 0.717) is 41.0 Å². The van der Waals surface area contributed by atoms with Gasteiger partial charge in [0, 0.05) is 11.3 Å². The zero-order valence-electron chi connectivity index (χ0n) is 11.5. The normalized spacial score (nSPS) is 13.7. The van der Waals surface area contributed by atoms with E-state index in [9.17, 15) is 5.26 Å². The molecule has 0 saturated heterocycles. The van der Waals surface area contributed by atoms with Crippen LogP contribution in [0, 0.1) is 17.2 Å². The molecule has 1 saturated carbocycles. The summed E-state index contributed by atoms with van der Waals surface area (Å²) < 4.78 is 5.68. The van der Waals surface area contributed by atoms with Gasteiger partial charge in [0.15, 0.2) is 0 Å². The fraction of sp³-hybridized carbons (Fsp3) is 0.250. The molecule has 1 fully saturated rings. The van der Waals surface area contributed by atoms with Gasteiger partial charge in [0.25, 0.3) is 0 Å². The molecule has 1 heterocycles. The van der Waals surface area contributed by atoms with Gasteiger partial charge in [0.2, 0.25) is 5.88 Å². The highest BCUT2D eigenvalue weighted by Gasteiger charge is 2.23. The Morgan fingerprint density at radius 2 is 1.95 bits per heavy atom. The first-order valence-corrected chi connectivity index (χ1v) is 6.86. The molecule has 1 aromatic heterocycles. The van der Waals surface area contributed by atoms with E-state index in [1.165, 1.54) is 12.8 Å². The van der Waals surface area contributed by atoms with Gasteiger partial charge in [-0.1, -0.05) is 12.1 Å². The maximum atomic E-state index is 9.21. The van der Waals surface area contributed by atoms with Crippen molar-refractivity contribution >= 4 is 11.4 Å². The van der Waals surface area contributed by atoms with Gasteiger partial charge < -0.3 is 16.2 Å². The molecule has 5 heteroatoms. The summed E-state index contributed by atoms with van der Waals surface area (Å²) in [4.78, 5) is 4.44. The number of aromatic nitrogens is 1. The Balaban J connectivity index is 1.97. The predicted octanol–water partition coefficient (Wildman–Crippen LogP) is 2.57. The molecule has 0 aliphatic heterocycles. The largest absolute Gasteiger partial charge is 0.476 e. The number of nitrogens with zero attached hydrogens (tertiary/aromatic N) is 2. The van der Waals surface area contributed by atoms with Crippen LogP contribution < -0.4 is 16.2 Å². The van der Waals surface area contributed by atoms with E-state index in [-0.39, 0.29) is 0 Å². The van der Waals surface area contributed by atoms with E-state index in [4.69, 9.17) is 16.2 Å². The number of nitrogen functional groups attached to an aromatic ring is 2. The maximum absolute atomic E-state index is 9.21. The van der Waals surface area contributed by atoms with E-state index in [1.54, 1.807) is 18.2 Å². The van der Waals surface area contributed by atoms with Crippen molar-refractivity contribution in [2.24, 2.45) is 5.92 Å². The molecule has 0 atom stereocenters. The number of rotatable bonds is 4. The van der Waals surface area contributed by atoms with Crippen LogP contribution in [0.15, 0.2) is 30.3 Å². The SMILES string of the molecule is N#Cc1c(N)cc(-c2ccc(N)cc2)nc1OCC1CC1. The number of anilines is 2. The second-order valence-electron chi connectivity index (χ2n) is 5.27. The van der Waals surface area contributed by atoms with Gasteiger partial charge in [-0.25, -0.2) is 4.98 Å². The molecule has 0 bridgehead atoms. The Morgan fingerprint density at radius 3 is 2.57 bits per heavy atom. The summed E-state index contributed by atoms with van der Waals surface area (Å²) in [6.45, 7) is 0.590. The summed E-state index contributed by atoms with van der Waals surface area (Å²) in [6.07, 6.45) is 2.35. The van der Waals surface area contributed by atoms with E-state index in [0.717, 1.165) is 5.56 Å². The fourth-order valence-corrected chi connectivity index (χ4v) is 2.04. The molecule has 0 unspecified atom stereocenters. The van der Waals surface area contributed by atoms with E-state index < -0.39 is 0 Å². The van der Waals surface area contributed by atoms with Crippen molar-refractivity contribution in [2.45, 2.75) is 12.8 Å². The average Bonchev–Trinajstić information content (AvgIpc) is 3.29. The molecular formula is C16H16N4O. The number of pyridine rings is 1. The minimum absolute atomic E-state index is 0.301. The third kappa shape index (κ3) is 2.90. The van der Waals surface area contributed by atoms with Crippen molar-refractivity contribution < 1.29 is 4.74 Å². The lowest BCUT2D eigenvalue weighted by atomic mass is 10.1. The van der Waals surface area contributed by atoms with Gasteiger partial charge in [0.1, 0.15) is 11.6 Å². The van der Waals surface area contributed by atoms with Crippen molar-refractivity contribution in [3.05, 3.63) is 35.9 Å². The Labute approximate surface area is 123 Å². The first kappa shape index (κ1) is 13.3. The summed E-state index contributed by atoms with van der Waals surface area (Å²) >= 11 is 0. The molecular weight excluding hydrogens is 264 g/mol. The number of nitrogens with two attached hydrogens (primary N) is 2. The molecule has 1 aromatic carbocycles. The number of hydrogen-bond acceptors (Lipinski definition) is 5. The lowest BCUT2D eigenvalue weighted by molar-refractivity contribution is 0.288. The van der Waals surface area contributed by atoms with Crippen LogP contribution in [0.1, 0.15) is 18.4 Å². The van der Waals surface area contributed by atoms with Crippen LogP contribution in [-0.2, 0) is 0 Å². The van der Waals surface area contributed by atoms with E-state index in [1.807, 2.05) is 12.1 Å². The van der Waals surface area contributed by atoms with Crippen LogP contribution in [0.25, 0.3) is 11.3 Å². The van der Waals surface area contributed by atoms with Crippen molar-refractivity contribution in [2.75, 3.05) is 18.1 Å². The third-order valence-electron chi connectivity index (χ3n) is 3.49. The quantitative estimate of drug-likeness (QED) is 0.839. The van der Waals surface area contributed by atoms with Gasteiger partial charge in [-0.05, 0) is 37.0 Å². The number of hydrogen-bond donors (Lipinski definition) is 2. The smallest absolute Gasteiger partial charge is 0.234 e. The molecule has 0 radical (unpaired) electrons. The van der Waals surface area contributed by atoms with E-state index in [2.05, 4.69) is 11.1 Å². The van der Waals surface area contributed by atoms with E-state index >= 15 is 0 Å². The summed E-state index contributed by atoms with van der Waals surface area (Å²) in [5.74, 6) is 0.899. The van der Waals surface area contributed by atoms with Crippen molar-refractivity contribution in [1.82, 2.24) is 4.98 Å². The Morgan fingerprint density at radius 1 is 1.24 bits per heavy atom. The van der Waals surface area contributed by atoms with Crippen LogP contribution in [0.2, 0.25) is 0 Å². The van der Waals surface area contributed by atoms with Crippen molar-refractivity contribution in [3.63, 3.8) is 0 Å². The Bertz CT molecular complexity index is 699. The standard InChI is InChI=1S/C16H16N4O/c17-8-13-14(19)7-15(11-3-5-12(18)6-4-11)20-16(13)21-9-10-1-2-10/h3-7,10H,1-2,9,18H2,(H2,19,20). The highest BCUT2D eigenvalue weighted by Crippen LogP contribution is 2.32. The van der Waals surface area contributed by atoms with Crippen LogP contribution in [0.3, 0.4) is 0 Å². The lowest BCUT2D eigenvalue weighted by Gasteiger charge is -2.11. The molecule has 106 valence electrons. The molecule has 1 aliphatic carbocycles. The minimum atomic E-state index is 0.301. The first-order valence-electron chi connectivity index (χ1n) is 6.86. The molecule has 2 aromatic rings. The molecule has 4 N–H and O–H groups in total. The van der Waals surface area contributed by atoms with Crippen molar-refractivity contribution in [3.8, 4) is 23.2 Å². The Hall–Kier alpha value is -2.74. The zero-order chi connectivity index (χ0) is 14.8. The van der Waals surface area contributed by atoms with Crippen molar-refractivity contribution in [1.29, 1.82) is 5.26 Å². The minimum Gasteiger partial charge on any atom is -0.476 e. The second kappa shape index (κ2) is 5.33. The monoisotopic (exact) mass is 280 g/mol. The Kier molecular flexibility index (Phi) is 3.36. The summed E-state index contributed by atoms with van der Waals surface area (Å²) in [5.41, 5.74) is 14.6. The van der Waals surface area contributed by atoms with Gasteiger partial charge in [-0.15, -0.1) is 0 Å². The summed E-state index contributed by atoms with van der Waals surface area (Å²) in [7, 11) is 0. The maximum Gasteiger partial charge on any atom is 0.234 e. The molecule has 3 rings (SSSR count). The molecule has 0 spiro atoms. The van der Waals surface area contributed by atoms with Gasteiger partial charge in [-0.3, -0.25) is 0 Å². The van der Waals surface area contributed by atoms with Crippen LogP contribution in [-0.4, -0.2) is 11.6 Å². The molecule has 5 nitrogen and oxygen atoms in total. The molecule has 0 amide bonds. The van der Waals surface area contributed by atoms with Gasteiger partial charge in [-0.2, -0.15) is 5.26 Å².